The number of rotatable bonds is 3. The highest BCUT2D eigenvalue weighted by molar-refractivity contribution is 6.25. The lowest BCUT2D eigenvalue weighted by Crippen LogP contribution is -1.93. The minimum absolute atomic E-state index is 1.13. The minimum atomic E-state index is 1.13. The normalized spacial score (nSPS) is 11.4. The average molecular weight is 457 g/mol. The summed E-state index contributed by atoms with van der Waals surface area (Å²) in [4.78, 5) is 0. The van der Waals surface area contributed by atoms with Crippen molar-refractivity contribution in [2.45, 2.75) is 0 Å². The van der Waals surface area contributed by atoms with Gasteiger partial charge in [0.25, 0.3) is 0 Å². The highest BCUT2D eigenvalue weighted by atomic mass is 14.2. The maximum absolute atomic E-state index is 4.07. The van der Waals surface area contributed by atoms with Crippen molar-refractivity contribution in [1.82, 2.24) is 0 Å². The van der Waals surface area contributed by atoms with Gasteiger partial charge in [-0.1, -0.05) is 134 Å². The second kappa shape index (κ2) is 8.22. The Morgan fingerprint density at radius 3 is 1.39 bits per heavy atom. The lowest BCUT2D eigenvalue weighted by atomic mass is 9.83. The predicted octanol–water partition coefficient (Wildman–Crippen LogP) is 10.3. The second-order valence-corrected chi connectivity index (χ2v) is 9.36. The van der Waals surface area contributed by atoms with Crippen molar-refractivity contribution in [3.63, 3.8) is 0 Å². The molecule has 168 valence electrons. The van der Waals surface area contributed by atoms with Gasteiger partial charge >= 0.3 is 0 Å². The summed E-state index contributed by atoms with van der Waals surface area (Å²) in [7, 11) is 0. The molecular formula is C36H24. The molecule has 0 fully saturated rings. The lowest BCUT2D eigenvalue weighted by Gasteiger charge is -2.20. The number of benzene rings is 7. The van der Waals surface area contributed by atoms with E-state index in [9.17, 15) is 0 Å². The molecule has 0 aliphatic heterocycles. The van der Waals surface area contributed by atoms with Gasteiger partial charge in [0, 0.05) is 0 Å². The van der Waals surface area contributed by atoms with Crippen molar-refractivity contribution in [2.75, 3.05) is 0 Å². The Kier molecular flexibility index (Phi) is 4.72. The second-order valence-electron chi connectivity index (χ2n) is 9.36. The summed E-state index contributed by atoms with van der Waals surface area (Å²) in [5.41, 5.74) is 6.23. The monoisotopic (exact) mass is 456 g/mol. The Bertz CT molecular complexity index is 1950. The zero-order valence-corrected chi connectivity index (χ0v) is 19.9. The molecule has 0 saturated carbocycles. The third-order valence-corrected chi connectivity index (χ3v) is 7.40. The first-order chi connectivity index (χ1) is 17.8. The van der Waals surface area contributed by atoms with Crippen LogP contribution in [0.1, 0.15) is 5.56 Å². The van der Waals surface area contributed by atoms with Crippen LogP contribution in [0.25, 0.3) is 71.4 Å². The quantitative estimate of drug-likeness (QED) is 0.232. The van der Waals surface area contributed by atoms with Gasteiger partial charge in [-0.25, -0.2) is 0 Å². The van der Waals surface area contributed by atoms with Gasteiger partial charge in [-0.3, -0.25) is 0 Å². The van der Waals surface area contributed by atoms with E-state index < -0.39 is 0 Å². The number of fused-ring (bicyclic) bond motifs is 4. The molecule has 0 heterocycles. The van der Waals surface area contributed by atoms with Gasteiger partial charge in [0.2, 0.25) is 0 Å². The molecule has 0 nitrogen and oxygen atoms in total. The van der Waals surface area contributed by atoms with Gasteiger partial charge in [0.1, 0.15) is 0 Å². The zero-order valence-electron chi connectivity index (χ0n) is 19.9. The first-order valence-corrected chi connectivity index (χ1v) is 12.4. The van der Waals surface area contributed by atoms with Crippen LogP contribution in [0.4, 0.5) is 0 Å². The van der Waals surface area contributed by atoms with E-state index in [0.29, 0.717) is 0 Å². The van der Waals surface area contributed by atoms with Gasteiger partial charge in [-0.15, -0.1) is 0 Å². The zero-order chi connectivity index (χ0) is 24.1. The van der Waals surface area contributed by atoms with Gasteiger partial charge in [0.05, 0.1) is 0 Å². The fourth-order valence-electron chi connectivity index (χ4n) is 5.79. The Balaban J connectivity index is 1.72. The highest BCUT2D eigenvalue weighted by Crippen LogP contribution is 2.46. The van der Waals surface area contributed by atoms with Crippen molar-refractivity contribution < 1.29 is 0 Å². The summed E-state index contributed by atoms with van der Waals surface area (Å²) < 4.78 is 0. The molecule has 0 aliphatic rings. The Labute approximate surface area is 210 Å². The molecule has 0 bridgehead atoms. The van der Waals surface area contributed by atoms with Crippen molar-refractivity contribution in [3.8, 4) is 22.3 Å². The van der Waals surface area contributed by atoms with Gasteiger partial charge in [-0.2, -0.15) is 0 Å². The molecule has 0 radical (unpaired) electrons. The van der Waals surface area contributed by atoms with Crippen molar-refractivity contribution in [1.29, 1.82) is 0 Å². The molecule has 0 unspecified atom stereocenters. The van der Waals surface area contributed by atoms with Crippen LogP contribution in [-0.4, -0.2) is 0 Å². The molecule has 36 heavy (non-hydrogen) atoms. The van der Waals surface area contributed by atoms with Crippen LogP contribution in [0.15, 0.2) is 134 Å². The summed E-state index contributed by atoms with van der Waals surface area (Å²) in [5.74, 6) is 0. The molecule has 7 rings (SSSR count). The molecular weight excluding hydrogens is 432 g/mol. The van der Waals surface area contributed by atoms with Crippen LogP contribution in [0.5, 0.6) is 0 Å². The maximum atomic E-state index is 4.07. The predicted molar refractivity (Wildman–Crippen MR) is 157 cm³/mol. The van der Waals surface area contributed by atoms with Crippen molar-refractivity contribution in [2.24, 2.45) is 0 Å². The van der Waals surface area contributed by atoms with Crippen molar-refractivity contribution >= 4 is 49.2 Å². The van der Waals surface area contributed by atoms with Gasteiger partial charge < -0.3 is 0 Å². The summed E-state index contributed by atoms with van der Waals surface area (Å²) in [6.45, 7) is 4.07. The summed E-state index contributed by atoms with van der Waals surface area (Å²) in [5, 5.41) is 10.1. The van der Waals surface area contributed by atoms with E-state index in [4.69, 9.17) is 0 Å². The topological polar surface area (TPSA) is 0 Å². The molecule has 0 aliphatic carbocycles. The molecule has 0 aromatic heterocycles. The molecule has 0 amide bonds. The molecule has 7 aromatic rings. The average Bonchev–Trinajstić information content (AvgIpc) is 2.95. The van der Waals surface area contributed by atoms with Crippen LogP contribution >= 0.6 is 0 Å². The van der Waals surface area contributed by atoms with Crippen LogP contribution in [0, 0.1) is 0 Å². The van der Waals surface area contributed by atoms with E-state index in [2.05, 4.69) is 134 Å². The van der Waals surface area contributed by atoms with Gasteiger partial charge in [-0.05, 0) is 77.0 Å². The van der Waals surface area contributed by atoms with E-state index in [1.165, 1.54) is 65.3 Å². The highest BCUT2D eigenvalue weighted by Gasteiger charge is 2.19. The van der Waals surface area contributed by atoms with Gasteiger partial charge in [0.15, 0.2) is 0 Å². The van der Waals surface area contributed by atoms with E-state index in [1.54, 1.807) is 0 Å². The summed E-state index contributed by atoms with van der Waals surface area (Å²) in [6.07, 6.45) is 1.94. The molecule has 0 spiro atoms. The third-order valence-electron chi connectivity index (χ3n) is 7.40. The SMILES string of the molecule is C=Cc1ccc2c(-c3cccc4ccccc34)c3ccccc3c(-c3cccc4ccccc34)c2c1. The van der Waals surface area contributed by atoms with Crippen molar-refractivity contribution in [3.05, 3.63) is 140 Å². The standard InChI is InChI=1S/C36H24/c1-2-24-21-22-33-34(23-24)36(30-20-10-14-26-12-4-6-16-28(26)30)32-18-8-7-17-31(32)35(33)29-19-9-13-25-11-3-5-15-27(25)29/h2-23H,1H2. The van der Waals surface area contributed by atoms with E-state index in [1.807, 2.05) is 6.08 Å². The Morgan fingerprint density at radius 1 is 0.389 bits per heavy atom. The molecule has 0 N–H and O–H groups in total. The maximum Gasteiger partial charge on any atom is -0.00199 e. The van der Waals surface area contributed by atoms with E-state index >= 15 is 0 Å². The fourth-order valence-corrected chi connectivity index (χ4v) is 5.79. The third kappa shape index (κ3) is 3.08. The first kappa shape index (κ1) is 20.7. The number of hydrogen-bond acceptors (Lipinski definition) is 0. The van der Waals surface area contributed by atoms with Crippen LogP contribution < -0.4 is 0 Å². The molecule has 0 heteroatoms. The fraction of sp³-hybridized carbons (Fsp3) is 0. The number of hydrogen-bond donors (Lipinski definition) is 0. The van der Waals surface area contributed by atoms with Crippen LogP contribution in [0.2, 0.25) is 0 Å². The summed E-state index contributed by atoms with van der Waals surface area (Å²) in [6, 6.07) is 46.3. The molecule has 0 saturated heterocycles. The van der Waals surface area contributed by atoms with Crippen LogP contribution in [0.3, 0.4) is 0 Å². The Morgan fingerprint density at radius 2 is 0.833 bits per heavy atom. The smallest absolute Gasteiger partial charge is 0.00199 e. The Hall–Kier alpha value is -4.68. The van der Waals surface area contributed by atoms with E-state index in [0.717, 1.165) is 5.56 Å². The minimum Gasteiger partial charge on any atom is -0.0985 e. The summed E-state index contributed by atoms with van der Waals surface area (Å²) >= 11 is 0. The lowest BCUT2D eigenvalue weighted by molar-refractivity contribution is 1.67. The van der Waals surface area contributed by atoms with Crippen LogP contribution in [-0.2, 0) is 0 Å². The largest absolute Gasteiger partial charge is 0.0985 e. The molecule has 0 atom stereocenters. The van der Waals surface area contributed by atoms with E-state index in [-0.39, 0.29) is 0 Å². The first-order valence-electron chi connectivity index (χ1n) is 12.4. The molecule has 7 aromatic carbocycles.